The molecule has 0 heterocycles. The zero-order valence-corrected chi connectivity index (χ0v) is 12.4. The lowest BCUT2D eigenvalue weighted by Gasteiger charge is -2.09. The molecular formula is C17H23NO2. The predicted octanol–water partition coefficient (Wildman–Crippen LogP) is 4.09. The van der Waals surface area contributed by atoms with E-state index in [1.165, 1.54) is 0 Å². The van der Waals surface area contributed by atoms with Crippen LogP contribution in [0.1, 0.15) is 55.5 Å². The van der Waals surface area contributed by atoms with Crippen LogP contribution in [0.15, 0.2) is 24.8 Å². The van der Waals surface area contributed by atoms with E-state index in [2.05, 4.69) is 11.9 Å². The Hall–Kier alpha value is -1.90. The van der Waals surface area contributed by atoms with Crippen LogP contribution >= 0.6 is 0 Å². The second-order valence-electron chi connectivity index (χ2n) is 5.00. The number of anilines is 1. The molecule has 1 aromatic carbocycles. The third-order valence-electron chi connectivity index (χ3n) is 3.19. The third kappa shape index (κ3) is 5.39. The summed E-state index contributed by atoms with van der Waals surface area (Å²) in [7, 11) is 0. The molecule has 0 saturated heterocycles. The predicted molar refractivity (Wildman–Crippen MR) is 84.2 cm³/mol. The Kier molecular flexibility index (Phi) is 6.71. The van der Waals surface area contributed by atoms with Crippen LogP contribution in [-0.4, -0.2) is 18.1 Å². The van der Waals surface area contributed by atoms with Crippen molar-refractivity contribution in [3.8, 4) is 0 Å². The molecule has 0 atom stereocenters. The van der Waals surface area contributed by atoms with Crippen LogP contribution < -0.4 is 5.32 Å². The van der Waals surface area contributed by atoms with Crippen molar-refractivity contribution in [2.24, 2.45) is 0 Å². The summed E-state index contributed by atoms with van der Waals surface area (Å²) in [5, 5.41) is 3.33. The maximum atomic E-state index is 11.4. The lowest BCUT2D eigenvalue weighted by atomic mass is 10.0. The van der Waals surface area contributed by atoms with Gasteiger partial charge < -0.3 is 10.1 Å². The molecule has 0 aliphatic heterocycles. The first-order chi connectivity index (χ1) is 9.54. The van der Waals surface area contributed by atoms with E-state index in [0.29, 0.717) is 12.0 Å². The van der Waals surface area contributed by atoms with Crippen LogP contribution in [0.25, 0.3) is 6.08 Å². The molecule has 3 nitrogen and oxygen atoms in total. The van der Waals surface area contributed by atoms with Gasteiger partial charge in [0.1, 0.15) is 5.78 Å². The Balaban J connectivity index is 2.43. The molecule has 20 heavy (non-hydrogen) atoms. The van der Waals surface area contributed by atoms with Gasteiger partial charge in [-0.3, -0.25) is 4.79 Å². The minimum Gasteiger partial charge on any atom is -0.385 e. The van der Waals surface area contributed by atoms with Crippen LogP contribution in [-0.2, 0) is 4.79 Å². The largest absolute Gasteiger partial charge is 0.385 e. The van der Waals surface area contributed by atoms with Crippen molar-refractivity contribution in [1.82, 2.24) is 0 Å². The van der Waals surface area contributed by atoms with E-state index in [1.807, 2.05) is 18.2 Å². The molecule has 0 fully saturated rings. The molecule has 0 saturated carbocycles. The Morgan fingerprint density at radius 3 is 2.55 bits per heavy atom. The van der Waals surface area contributed by atoms with Gasteiger partial charge in [0.15, 0.2) is 5.78 Å². The van der Waals surface area contributed by atoms with E-state index in [4.69, 9.17) is 0 Å². The van der Waals surface area contributed by atoms with Gasteiger partial charge in [-0.1, -0.05) is 19.1 Å². The zero-order valence-electron chi connectivity index (χ0n) is 12.4. The summed E-state index contributed by atoms with van der Waals surface area (Å²) in [4.78, 5) is 22.2. The first kappa shape index (κ1) is 16.2. The Labute approximate surface area is 121 Å². The van der Waals surface area contributed by atoms with Crippen LogP contribution in [0.3, 0.4) is 0 Å². The van der Waals surface area contributed by atoms with Gasteiger partial charge in [-0.25, -0.2) is 0 Å². The van der Waals surface area contributed by atoms with E-state index in [0.717, 1.165) is 37.1 Å². The second-order valence-corrected chi connectivity index (χ2v) is 5.00. The Morgan fingerprint density at radius 1 is 1.20 bits per heavy atom. The number of nitrogens with one attached hydrogen (secondary N) is 1. The molecule has 108 valence electrons. The summed E-state index contributed by atoms with van der Waals surface area (Å²) < 4.78 is 0. The van der Waals surface area contributed by atoms with E-state index in [9.17, 15) is 9.59 Å². The van der Waals surface area contributed by atoms with Crippen LogP contribution in [0.2, 0.25) is 0 Å². The SMILES string of the molecule is C=Cc1cc(NCCCCCC(C)=O)ccc1C(C)=O. The third-order valence-corrected chi connectivity index (χ3v) is 3.19. The number of Topliss-reactive ketones (excluding diaryl/α,β-unsaturated/α-hetero) is 2. The van der Waals surface area contributed by atoms with Crippen LogP contribution in [0.4, 0.5) is 5.69 Å². The van der Waals surface area contributed by atoms with Crippen molar-refractivity contribution in [2.75, 3.05) is 11.9 Å². The fourth-order valence-electron chi connectivity index (χ4n) is 2.07. The highest BCUT2D eigenvalue weighted by Gasteiger charge is 2.05. The quantitative estimate of drug-likeness (QED) is 0.544. The van der Waals surface area contributed by atoms with Crippen molar-refractivity contribution >= 4 is 23.3 Å². The summed E-state index contributed by atoms with van der Waals surface area (Å²) in [6.07, 6.45) is 5.42. The van der Waals surface area contributed by atoms with Gasteiger partial charge in [-0.15, -0.1) is 0 Å². The van der Waals surface area contributed by atoms with E-state index in [-0.39, 0.29) is 11.6 Å². The molecule has 1 N–H and O–H groups in total. The zero-order chi connectivity index (χ0) is 15.0. The lowest BCUT2D eigenvalue weighted by Crippen LogP contribution is -2.03. The number of hydrogen-bond donors (Lipinski definition) is 1. The molecule has 0 aromatic heterocycles. The van der Waals surface area contributed by atoms with Gasteiger partial charge in [-0.2, -0.15) is 0 Å². The number of benzene rings is 1. The first-order valence-electron chi connectivity index (χ1n) is 7.05. The molecule has 0 amide bonds. The number of hydrogen-bond acceptors (Lipinski definition) is 3. The van der Waals surface area contributed by atoms with Gasteiger partial charge in [0.25, 0.3) is 0 Å². The van der Waals surface area contributed by atoms with Gasteiger partial charge in [0, 0.05) is 24.2 Å². The van der Waals surface area contributed by atoms with Crippen molar-refractivity contribution in [3.05, 3.63) is 35.9 Å². The van der Waals surface area contributed by atoms with E-state index >= 15 is 0 Å². The average Bonchev–Trinajstić information content (AvgIpc) is 2.41. The van der Waals surface area contributed by atoms with Crippen LogP contribution in [0, 0.1) is 0 Å². The van der Waals surface area contributed by atoms with Gasteiger partial charge >= 0.3 is 0 Å². The number of carbonyl (C=O) groups excluding carboxylic acids is 2. The molecule has 1 rings (SSSR count). The summed E-state index contributed by atoms with van der Waals surface area (Å²) in [5.41, 5.74) is 2.56. The standard InChI is InChI=1S/C17H23NO2/c1-4-15-12-16(9-10-17(15)14(3)20)18-11-7-5-6-8-13(2)19/h4,9-10,12,18H,1,5-8,11H2,2-3H3. The first-order valence-corrected chi connectivity index (χ1v) is 7.05. The molecule has 1 aromatic rings. The van der Waals surface area contributed by atoms with E-state index < -0.39 is 0 Å². The molecule has 0 unspecified atom stereocenters. The number of unbranched alkanes of at least 4 members (excludes halogenated alkanes) is 2. The van der Waals surface area contributed by atoms with Crippen molar-refractivity contribution in [1.29, 1.82) is 0 Å². The Morgan fingerprint density at radius 2 is 1.95 bits per heavy atom. The number of rotatable bonds is 9. The molecule has 0 aliphatic rings. The Bertz CT molecular complexity index is 492. The van der Waals surface area contributed by atoms with Crippen molar-refractivity contribution < 1.29 is 9.59 Å². The van der Waals surface area contributed by atoms with Gasteiger partial charge in [-0.05, 0) is 50.5 Å². The topological polar surface area (TPSA) is 46.2 Å². The maximum absolute atomic E-state index is 11.4. The number of carbonyl (C=O) groups is 2. The summed E-state index contributed by atoms with van der Waals surface area (Å²) in [5.74, 6) is 0.309. The second kappa shape index (κ2) is 8.31. The fraction of sp³-hybridized carbons (Fsp3) is 0.412. The molecule has 0 aliphatic carbocycles. The average molecular weight is 273 g/mol. The minimum absolute atomic E-state index is 0.0516. The highest BCUT2D eigenvalue weighted by atomic mass is 16.1. The van der Waals surface area contributed by atoms with Crippen LogP contribution in [0.5, 0.6) is 0 Å². The summed E-state index contributed by atoms with van der Waals surface area (Å²) in [6, 6.07) is 5.69. The molecule has 0 radical (unpaired) electrons. The highest BCUT2D eigenvalue weighted by Crippen LogP contribution is 2.18. The fourth-order valence-corrected chi connectivity index (χ4v) is 2.07. The lowest BCUT2D eigenvalue weighted by molar-refractivity contribution is -0.117. The molecule has 3 heteroatoms. The van der Waals surface area contributed by atoms with Gasteiger partial charge in [0.05, 0.1) is 0 Å². The maximum Gasteiger partial charge on any atom is 0.160 e. The molecular weight excluding hydrogens is 250 g/mol. The summed E-state index contributed by atoms with van der Waals surface area (Å²) >= 11 is 0. The molecule has 0 spiro atoms. The summed E-state index contributed by atoms with van der Waals surface area (Å²) in [6.45, 7) is 7.80. The minimum atomic E-state index is 0.0516. The van der Waals surface area contributed by atoms with E-state index in [1.54, 1.807) is 19.9 Å². The normalized spacial score (nSPS) is 10.1. The highest BCUT2D eigenvalue weighted by molar-refractivity contribution is 5.98. The molecule has 0 bridgehead atoms. The number of ketones is 2. The van der Waals surface area contributed by atoms with Gasteiger partial charge in [0.2, 0.25) is 0 Å². The van der Waals surface area contributed by atoms with Crippen molar-refractivity contribution in [2.45, 2.75) is 39.5 Å². The van der Waals surface area contributed by atoms with Crippen molar-refractivity contribution in [3.63, 3.8) is 0 Å². The smallest absolute Gasteiger partial charge is 0.160 e. The monoisotopic (exact) mass is 273 g/mol.